The first-order valence-electron chi connectivity index (χ1n) is 5.08. The van der Waals surface area contributed by atoms with Gasteiger partial charge in [-0.1, -0.05) is 5.92 Å². The van der Waals surface area contributed by atoms with E-state index in [4.69, 9.17) is 6.42 Å². The average Bonchev–Trinajstić information content (AvgIpc) is 2.27. The first-order chi connectivity index (χ1) is 8.59. The third kappa shape index (κ3) is 3.43. The third-order valence-corrected chi connectivity index (χ3v) is 3.86. The number of nitrogens with one attached hydrogen (secondary N) is 1. The minimum atomic E-state index is -4.01. The fourth-order valence-corrected chi connectivity index (χ4v) is 2.60. The molecule has 8 heteroatoms. The molecule has 19 heavy (non-hydrogen) atoms. The van der Waals surface area contributed by atoms with E-state index in [-0.39, 0.29) is 4.90 Å². The molecule has 0 saturated carbocycles. The van der Waals surface area contributed by atoms with Crippen molar-refractivity contribution in [3.63, 3.8) is 0 Å². The zero-order valence-electron chi connectivity index (χ0n) is 10.2. The van der Waals surface area contributed by atoms with Crippen molar-refractivity contribution < 1.29 is 18.4 Å². The molecule has 0 fully saturated rings. The van der Waals surface area contributed by atoms with Gasteiger partial charge in [0.05, 0.1) is 15.4 Å². The van der Waals surface area contributed by atoms with Crippen molar-refractivity contribution in [3.05, 3.63) is 28.3 Å². The highest BCUT2D eigenvalue weighted by Crippen LogP contribution is 2.28. The molecule has 0 aromatic heterocycles. The molecule has 0 saturated heterocycles. The first-order valence-corrected chi connectivity index (χ1v) is 6.56. The summed E-state index contributed by atoms with van der Waals surface area (Å²) in [5.41, 5.74) is -1.83. The molecule has 2 N–H and O–H groups in total. The predicted molar refractivity (Wildman–Crippen MR) is 68.0 cm³/mol. The molecular formula is C11H12N2O5S. The molecule has 102 valence electrons. The van der Waals surface area contributed by atoms with Crippen molar-refractivity contribution in [2.24, 2.45) is 0 Å². The average molecular weight is 284 g/mol. The fourth-order valence-electron chi connectivity index (χ4n) is 1.24. The Labute approximate surface area is 110 Å². The molecule has 0 unspecified atom stereocenters. The number of terminal acetylenes is 1. The quantitative estimate of drug-likeness (QED) is 0.487. The Balaban J connectivity index is 3.28. The van der Waals surface area contributed by atoms with Crippen LogP contribution >= 0.6 is 0 Å². The number of benzene rings is 1. The van der Waals surface area contributed by atoms with E-state index >= 15 is 0 Å². The number of phenols is 1. The van der Waals surface area contributed by atoms with Crippen molar-refractivity contribution in [2.45, 2.75) is 24.3 Å². The lowest BCUT2D eigenvalue weighted by Crippen LogP contribution is -2.41. The lowest BCUT2D eigenvalue weighted by Gasteiger charge is -2.19. The zero-order chi connectivity index (χ0) is 14.8. The van der Waals surface area contributed by atoms with Gasteiger partial charge >= 0.3 is 5.69 Å². The molecule has 0 amide bonds. The fraction of sp³-hybridized carbons (Fsp3) is 0.273. The summed E-state index contributed by atoms with van der Waals surface area (Å²) in [4.78, 5) is 9.42. The van der Waals surface area contributed by atoms with Gasteiger partial charge in [-0.25, -0.2) is 8.42 Å². The van der Waals surface area contributed by atoms with E-state index in [0.717, 1.165) is 18.2 Å². The molecule has 0 spiro atoms. The predicted octanol–water partition coefficient (Wildman–Crippen LogP) is 0.990. The van der Waals surface area contributed by atoms with Crippen LogP contribution in [0.2, 0.25) is 0 Å². The van der Waals surface area contributed by atoms with E-state index in [0.29, 0.717) is 0 Å². The first kappa shape index (κ1) is 14.9. The van der Waals surface area contributed by atoms with Crippen LogP contribution in [0.5, 0.6) is 5.75 Å². The molecule has 0 aliphatic heterocycles. The highest BCUT2D eigenvalue weighted by molar-refractivity contribution is 7.89. The van der Waals surface area contributed by atoms with Crippen molar-refractivity contribution in [2.75, 3.05) is 0 Å². The van der Waals surface area contributed by atoms with Crippen molar-refractivity contribution in [1.29, 1.82) is 0 Å². The van der Waals surface area contributed by atoms with Gasteiger partial charge in [0, 0.05) is 6.07 Å². The number of aromatic hydroxyl groups is 1. The van der Waals surface area contributed by atoms with Crippen LogP contribution in [-0.4, -0.2) is 24.0 Å². The summed E-state index contributed by atoms with van der Waals surface area (Å²) in [5, 5.41) is 19.9. The summed E-state index contributed by atoms with van der Waals surface area (Å²) in [5.74, 6) is 1.63. The minimum Gasteiger partial charge on any atom is -0.502 e. The van der Waals surface area contributed by atoms with E-state index in [9.17, 15) is 23.6 Å². The summed E-state index contributed by atoms with van der Waals surface area (Å²) >= 11 is 0. The smallest absolute Gasteiger partial charge is 0.312 e. The molecule has 0 atom stereocenters. The van der Waals surface area contributed by atoms with Crippen molar-refractivity contribution in [1.82, 2.24) is 4.72 Å². The van der Waals surface area contributed by atoms with Crippen LogP contribution in [0.3, 0.4) is 0 Å². The molecule has 0 radical (unpaired) electrons. The second-order valence-electron chi connectivity index (χ2n) is 4.28. The topological polar surface area (TPSA) is 110 Å². The van der Waals surface area contributed by atoms with Crippen molar-refractivity contribution >= 4 is 15.7 Å². The Morgan fingerprint density at radius 1 is 1.47 bits per heavy atom. The van der Waals surface area contributed by atoms with E-state index < -0.39 is 31.9 Å². The van der Waals surface area contributed by atoms with Crippen LogP contribution < -0.4 is 4.72 Å². The normalized spacial score (nSPS) is 11.8. The minimum absolute atomic E-state index is 0.347. The summed E-state index contributed by atoms with van der Waals surface area (Å²) < 4.78 is 26.2. The summed E-state index contributed by atoms with van der Waals surface area (Å²) in [6.45, 7) is 2.94. The van der Waals surface area contributed by atoms with Gasteiger partial charge in [0.1, 0.15) is 0 Å². The van der Waals surface area contributed by atoms with Gasteiger partial charge in [-0.3, -0.25) is 10.1 Å². The molecule has 0 heterocycles. The van der Waals surface area contributed by atoms with Crippen molar-refractivity contribution in [3.8, 4) is 18.1 Å². The molecule has 7 nitrogen and oxygen atoms in total. The van der Waals surface area contributed by atoms with E-state index in [1.54, 1.807) is 0 Å². The number of sulfonamides is 1. The highest BCUT2D eigenvalue weighted by atomic mass is 32.2. The molecule has 0 bridgehead atoms. The lowest BCUT2D eigenvalue weighted by atomic mass is 10.1. The van der Waals surface area contributed by atoms with Gasteiger partial charge in [-0.05, 0) is 26.0 Å². The Morgan fingerprint density at radius 3 is 2.53 bits per heavy atom. The maximum atomic E-state index is 12.0. The lowest BCUT2D eigenvalue weighted by molar-refractivity contribution is -0.386. The number of phenolic OH excluding ortho intramolecular Hbond substituents is 1. The van der Waals surface area contributed by atoms with Gasteiger partial charge in [-0.15, -0.1) is 6.42 Å². The van der Waals surface area contributed by atoms with Crippen LogP contribution in [0, 0.1) is 22.5 Å². The van der Waals surface area contributed by atoms with Crippen LogP contribution in [0.1, 0.15) is 13.8 Å². The maximum Gasteiger partial charge on any atom is 0.312 e. The number of rotatable bonds is 4. The standard InChI is InChI=1S/C11H12N2O5S/c1-4-11(2,3)12-19(17,18)8-5-6-10(14)9(7-8)13(15)16/h1,5-7,12,14H,2-3H3. The maximum absolute atomic E-state index is 12.0. The zero-order valence-corrected chi connectivity index (χ0v) is 11.1. The molecule has 1 aromatic carbocycles. The van der Waals surface area contributed by atoms with Crippen LogP contribution in [0.15, 0.2) is 23.1 Å². The monoisotopic (exact) mass is 284 g/mol. The highest BCUT2D eigenvalue weighted by Gasteiger charge is 2.26. The number of nitro benzene ring substituents is 1. The van der Waals surface area contributed by atoms with E-state index in [1.807, 2.05) is 0 Å². The Hall–Kier alpha value is -2.11. The SMILES string of the molecule is C#CC(C)(C)NS(=O)(=O)c1ccc(O)c([N+](=O)[O-])c1. The van der Waals surface area contributed by atoms with Gasteiger partial charge in [-0.2, -0.15) is 4.72 Å². The Kier molecular flexibility index (Phi) is 3.83. The summed E-state index contributed by atoms with van der Waals surface area (Å²) in [6, 6.07) is 2.76. The van der Waals surface area contributed by atoms with E-state index in [1.165, 1.54) is 13.8 Å². The molecule has 0 aliphatic carbocycles. The molecule has 1 aromatic rings. The number of nitro groups is 1. The number of hydrogen-bond acceptors (Lipinski definition) is 5. The summed E-state index contributed by atoms with van der Waals surface area (Å²) in [7, 11) is -4.01. The van der Waals surface area contributed by atoms with E-state index in [2.05, 4.69) is 10.6 Å². The van der Waals surface area contributed by atoms with Gasteiger partial charge in [0.2, 0.25) is 10.0 Å². The Bertz CT molecular complexity index is 658. The number of nitrogens with zero attached hydrogens (tertiary/aromatic N) is 1. The van der Waals surface area contributed by atoms with Crippen LogP contribution in [0.4, 0.5) is 5.69 Å². The Morgan fingerprint density at radius 2 is 2.05 bits per heavy atom. The molecular weight excluding hydrogens is 272 g/mol. The molecule has 1 rings (SSSR count). The third-order valence-electron chi connectivity index (χ3n) is 2.20. The second kappa shape index (κ2) is 4.87. The molecule has 0 aliphatic rings. The second-order valence-corrected chi connectivity index (χ2v) is 5.96. The van der Waals surface area contributed by atoms with Crippen LogP contribution in [-0.2, 0) is 10.0 Å². The largest absolute Gasteiger partial charge is 0.502 e. The van der Waals surface area contributed by atoms with Gasteiger partial charge in [0.25, 0.3) is 0 Å². The number of hydrogen-bond donors (Lipinski definition) is 2. The summed E-state index contributed by atoms with van der Waals surface area (Å²) in [6.07, 6.45) is 5.17. The van der Waals surface area contributed by atoms with Gasteiger partial charge in [0.15, 0.2) is 5.75 Å². The van der Waals surface area contributed by atoms with Gasteiger partial charge < -0.3 is 5.11 Å². The van der Waals surface area contributed by atoms with Crippen LogP contribution in [0.25, 0.3) is 0 Å².